The zero-order chi connectivity index (χ0) is 33.0. The van der Waals surface area contributed by atoms with E-state index < -0.39 is 35.0 Å². The number of allylic oxidation sites excluding steroid dienone is 1. The number of hydrogen-bond acceptors (Lipinski definition) is 2. The van der Waals surface area contributed by atoms with Crippen LogP contribution < -0.4 is 3.58 Å². The SMILES string of the molecule is C=C(CCCO[Si](C)(C)C(C)(C)C)c1ccc(CCCO[Si](C)(C)C(C)(C)C)[c]([Sn]([CH2]CCC)([CH2]CCC)[CH2]CCC)c1. The number of aryl methyl sites for hydroxylation is 1. The maximum absolute atomic E-state index is 6.63. The predicted molar refractivity (Wildman–Crippen MR) is 204 cm³/mol. The second-order valence-corrected chi connectivity index (χ2v) is 39.2. The van der Waals surface area contributed by atoms with Crippen LogP contribution in [0.25, 0.3) is 5.57 Å². The summed E-state index contributed by atoms with van der Waals surface area (Å²) in [4.78, 5) is 0. The minimum atomic E-state index is -2.64. The van der Waals surface area contributed by atoms with Crippen molar-refractivity contribution in [2.24, 2.45) is 0 Å². The van der Waals surface area contributed by atoms with Gasteiger partial charge in [-0.25, -0.2) is 0 Å². The Bertz CT molecular complexity index is 934. The van der Waals surface area contributed by atoms with Gasteiger partial charge in [0.2, 0.25) is 0 Å². The summed E-state index contributed by atoms with van der Waals surface area (Å²) in [5.41, 5.74) is 4.35. The number of rotatable bonds is 21. The summed E-state index contributed by atoms with van der Waals surface area (Å²) in [6.07, 6.45) is 12.5. The number of hydrogen-bond donors (Lipinski definition) is 0. The Morgan fingerprint density at radius 2 is 1.14 bits per heavy atom. The van der Waals surface area contributed by atoms with Crippen LogP contribution in [0.5, 0.6) is 0 Å². The Labute approximate surface area is 276 Å². The molecule has 0 amide bonds. The van der Waals surface area contributed by atoms with Crippen molar-refractivity contribution in [3.05, 3.63) is 35.9 Å². The Balaban J connectivity index is 3.33. The summed E-state index contributed by atoms with van der Waals surface area (Å²) in [7, 11) is -3.42. The molecule has 0 fully saturated rings. The van der Waals surface area contributed by atoms with Crippen molar-refractivity contribution < 1.29 is 8.85 Å². The van der Waals surface area contributed by atoms with E-state index >= 15 is 0 Å². The summed E-state index contributed by atoms with van der Waals surface area (Å²) in [6.45, 7) is 37.1. The molecule has 0 N–H and O–H groups in total. The van der Waals surface area contributed by atoms with Gasteiger partial charge in [0.1, 0.15) is 0 Å². The molecule has 0 saturated carbocycles. The average molecular weight is 738 g/mol. The van der Waals surface area contributed by atoms with Gasteiger partial charge in [-0.2, -0.15) is 0 Å². The van der Waals surface area contributed by atoms with E-state index in [9.17, 15) is 0 Å². The molecule has 5 heteroatoms. The van der Waals surface area contributed by atoms with Crippen molar-refractivity contribution in [2.75, 3.05) is 13.2 Å². The first-order valence-corrected chi connectivity index (χ1v) is 31.3. The van der Waals surface area contributed by atoms with Crippen LogP contribution in [-0.2, 0) is 15.3 Å². The van der Waals surface area contributed by atoms with E-state index in [1.165, 1.54) is 63.0 Å². The molecular weight excluding hydrogens is 663 g/mol. The second-order valence-electron chi connectivity index (χ2n) is 16.5. The van der Waals surface area contributed by atoms with Crippen LogP contribution in [0.15, 0.2) is 24.8 Å². The fourth-order valence-corrected chi connectivity index (χ4v) is 24.9. The van der Waals surface area contributed by atoms with Crippen LogP contribution in [0, 0.1) is 0 Å². The fourth-order valence-electron chi connectivity index (χ4n) is 5.61. The second kappa shape index (κ2) is 18.5. The van der Waals surface area contributed by atoms with Crippen LogP contribution in [0.1, 0.15) is 131 Å². The van der Waals surface area contributed by atoms with Crippen molar-refractivity contribution in [1.82, 2.24) is 0 Å². The van der Waals surface area contributed by atoms with Gasteiger partial charge in [0, 0.05) is 0 Å². The Morgan fingerprint density at radius 3 is 1.56 bits per heavy atom. The van der Waals surface area contributed by atoms with Gasteiger partial charge in [0.15, 0.2) is 0 Å². The van der Waals surface area contributed by atoms with E-state index in [1.54, 1.807) is 5.56 Å². The summed E-state index contributed by atoms with van der Waals surface area (Å²) >= 11 is -2.64. The minimum absolute atomic E-state index is 0.260. The van der Waals surface area contributed by atoms with Gasteiger partial charge < -0.3 is 0 Å². The van der Waals surface area contributed by atoms with E-state index in [1.807, 2.05) is 3.58 Å². The predicted octanol–water partition coefficient (Wildman–Crippen LogP) is 12.5. The zero-order valence-corrected chi connectivity index (χ0v) is 36.2. The van der Waals surface area contributed by atoms with Gasteiger partial charge in [-0.3, -0.25) is 0 Å². The molecule has 0 aliphatic heterocycles. The van der Waals surface area contributed by atoms with Crippen molar-refractivity contribution >= 4 is 44.2 Å². The molecule has 0 aromatic heterocycles. The Kier molecular flexibility index (Phi) is 17.7. The topological polar surface area (TPSA) is 18.5 Å². The van der Waals surface area contributed by atoms with Crippen LogP contribution >= 0.6 is 0 Å². The van der Waals surface area contributed by atoms with Gasteiger partial charge in [0.25, 0.3) is 0 Å². The van der Waals surface area contributed by atoms with E-state index in [0.717, 1.165) is 38.9 Å². The Hall–Kier alpha value is 0.112. The van der Waals surface area contributed by atoms with Gasteiger partial charge in [-0.05, 0) is 0 Å². The van der Waals surface area contributed by atoms with E-state index in [4.69, 9.17) is 8.85 Å². The quantitative estimate of drug-likeness (QED) is 0.0924. The third-order valence-electron chi connectivity index (χ3n) is 10.9. The first kappa shape index (κ1) is 41.1. The maximum atomic E-state index is 6.63. The van der Waals surface area contributed by atoms with E-state index in [2.05, 4.69) is 113 Å². The molecule has 0 atom stereocenters. The molecule has 0 aliphatic rings. The van der Waals surface area contributed by atoms with Crippen molar-refractivity contribution in [3.63, 3.8) is 0 Å². The zero-order valence-electron chi connectivity index (χ0n) is 31.4. The summed E-state index contributed by atoms with van der Waals surface area (Å²) in [5, 5.41) is 0.526. The van der Waals surface area contributed by atoms with Gasteiger partial charge in [0.05, 0.1) is 0 Å². The normalized spacial score (nSPS) is 13.5. The van der Waals surface area contributed by atoms with Crippen LogP contribution in [-0.4, -0.2) is 48.2 Å². The molecule has 0 heterocycles. The molecule has 0 radical (unpaired) electrons. The molecule has 1 aromatic rings. The van der Waals surface area contributed by atoms with E-state index in [0.29, 0.717) is 0 Å². The fraction of sp³-hybridized carbons (Fsp3) is 0.789. The van der Waals surface area contributed by atoms with Crippen molar-refractivity contribution in [3.8, 4) is 0 Å². The van der Waals surface area contributed by atoms with Crippen molar-refractivity contribution in [2.45, 2.75) is 176 Å². The van der Waals surface area contributed by atoms with Gasteiger partial charge >= 0.3 is 278 Å². The molecule has 2 nitrogen and oxygen atoms in total. The summed E-state index contributed by atoms with van der Waals surface area (Å²) in [5.74, 6) is 0. The molecule has 0 saturated heterocycles. The first-order chi connectivity index (χ1) is 19.9. The molecule has 0 bridgehead atoms. The Morgan fingerprint density at radius 1 is 0.698 bits per heavy atom. The molecule has 1 aromatic carbocycles. The third kappa shape index (κ3) is 13.0. The number of unbranched alkanes of at least 4 members (excludes halogenated alkanes) is 3. The molecule has 0 unspecified atom stereocenters. The van der Waals surface area contributed by atoms with E-state index in [-0.39, 0.29) is 10.1 Å². The van der Waals surface area contributed by atoms with Crippen molar-refractivity contribution in [1.29, 1.82) is 0 Å². The average Bonchev–Trinajstić information content (AvgIpc) is 2.92. The molecule has 250 valence electrons. The standard InChI is InChI=1S/C26H47O2Si2.3C4H9.Sn/c1-22(14-12-20-27-29(8,9)25(2,3)4)24-18-16-23(17-19-24)15-13-21-28-30(10,11)26(5,6)7;3*1-3-4-2;/h16,18-19H,1,12-15,20-21H2,2-11H3;3*1,3-4H2,2H3;. The van der Waals surface area contributed by atoms with Crippen LogP contribution in [0.3, 0.4) is 0 Å². The van der Waals surface area contributed by atoms with Gasteiger partial charge in [-0.1, -0.05) is 0 Å². The third-order valence-corrected chi connectivity index (χ3v) is 35.8. The molecular formula is C38H74O2Si2Sn. The first-order valence-electron chi connectivity index (χ1n) is 18.0. The molecule has 0 aliphatic carbocycles. The summed E-state index contributed by atoms with van der Waals surface area (Å²) < 4.78 is 19.5. The molecule has 43 heavy (non-hydrogen) atoms. The van der Waals surface area contributed by atoms with Gasteiger partial charge in [-0.15, -0.1) is 0 Å². The van der Waals surface area contributed by atoms with Crippen LogP contribution in [0.4, 0.5) is 0 Å². The molecule has 1 rings (SSSR count). The van der Waals surface area contributed by atoms with Crippen LogP contribution in [0.2, 0.25) is 49.6 Å². The summed E-state index contributed by atoms with van der Waals surface area (Å²) in [6, 6.07) is 7.60. The monoisotopic (exact) mass is 738 g/mol. The number of benzene rings is 1. The molecule has 0 spiro atoms.